The van der Waals surface area contributed by atoms with Gasteiger partial charge in [-0.2, -0.15) is 5.10 Å². The van der Waals surface area contributed by atoms with Gasteiger partial charge < -0.3 is 10.1 Å². The number of nitrogens with one attached hydrogen (secondary N) is 1. The molecular weight excluding hydrogens is 437 g/mol. The number of methoxy groups -OCH3 is 1. The van der Waals surface area contributed by atoms with Crippen LogP contribution in [0.2, 0.25) is 0 Å². The molecule has 2 heterocycles. The zero-order chi connectivity index (χ0) is 23.5. The van der Waals surface area contributed by atoms with Gasteiger partial charge >= 0.3 is 0 Å². The van der Waals surface area contributed by atoms with Gasteiger partial charge in [0.05, 0.1) is 29.7 Å². The molecule has 0 bridgehead atoms. The summed E-state index contributed by atoms with van der Waals surface area (Å²) in [4.78, 5) is 13.3. The second-order valence-electron chi connectivity index (χ2n) is 7.27. The van der Waals surface area contributed by atoms with E-state index in [0.29, 0.717) is 22.7 Å². The Bertz CT molecular complexity index is 1430. The largest absolute Gasteiger partial charge is 0.497 e. The number of tetrazole rings is 1. The minimum Gasteiger partial charge on any atom is -0.497 e. The molecule has 0 saturated heterocycles. The molecule has 9 nitrogen and oxygen atoms in total. The number of rotatable bonds is 6. The average Bonchev–Trinajstić information content (AvgIpc) is 3.57. The van der Waals surface area contributed by atoms with Crippen LogP contribution < -0.4 is 10.1 Å². The number of benzene rings is 3. The third-order valence-electron chi connectivity index (χ3n) is 5.15. The number of para-hydroxylation sites is 1. The maximum atomic E-state index is 14.6. The predicted molar refractivity (Wildman–Crippen MR) is 123 cm³/mol. The standard InChI is InChI=1S/C24H18FN7O2/c1-34-19-10-7-16(8-11-19)23-20(14-31(28-23)17-5-3-2-4-6-17)24(33)27-22-13-18(9-12-21(22)25)32-15-26-29-30-32/h2-15H,1H3,(H,27,33). The van der Waals surface area contributed by atoms with Crippen LogP contribution in [-0.2, 0) is 0 Å². The molecule has 0 aliphatic rings. The van der Waals surface area contributed by atoms with E-state index in [1.807, 2.05) is 42.5 Å². The van der Waals surface area contributed by atoms with E-state index >= 15 is 0 Å². The predicted octanol–water partition coefficient (Wildman–Crippen LogP) is 3.92. The van der Waals surface area contributed by atoms with Crippen molar-refractivity contribution in [3.8, 4) is 28.4 Å². The van der Waals surface area contributed by atoms with Gasteiger partial charge in [0.25, 0.3) is 5.91 Å². The second kappa shape index (κ2) is 8.94. The molecule has 2 aromatic heterocycles. The van der Waals surface area contributed by atoms with Crippen LogP contribution in [-0.4, -0.2) is 43.0 Å². The topological polar surface area (TPSA) is 99.8 Å². The summed E-state index contributed by atoms with van der Waals surface area (Å²) in [5.41, 5.74) is 2.71. The smallest absolute Gasteiger partial charge is 0.259 e. The first kappa shape index (κ1) is 21.0. The Kier molecular flexibility index (Phi) is 5.53. The summed E-state index contributed by atoms with van der Waals surface area (Å²) in [6, 6.07) is 20.8. The molecule has 5 aromatic rings. The van der Waals surface area contributed by atoms with Crippen LogP contribution in [0.25, 0.3) is 22.6 Å². The minimum atomic E-state index is -0.591. The first-order valence-corrected chi connectivity index (χ1v) is 10.3. The molecule has 0 atom stereocenters. The number of carbonyl (C=O) groups is 1. The number of halogens is 1. The SMILES string of the molecule is COc1ccc(-c2nn(-c3ccccc3)cc2C(=O)Nc2cc(-n3cnnn3)ccc2F)cc1. The van der Waals surface area contributed by atoms with E-state index in [2.05, 4.69) is 25.9 Å². The first-order valence-electron chi connectivity index (χ1n) is 10.3. The normalized spacial score (nSPS) is 10.8. The van der Waals surface area contributed by atoms with Crippen molar-refractivity contribution in [3.63, 3.8) is 0 Å². The lowest BCUT2D eigenvalue weighted by atomic mass is 10.1. The fourth-order valence-electron chi connectivity index (χ4n) is 3.44. The maximum absolute atomic E-state index is 14.6. The lowest BCUT2D eigenvalue weighted by molar-refractivity contribution is 0.102. The number of anilines is 1. The van der Waals surface area contributed by atoms with Crippen molar-refractivity contribution in [2.45, 2.75) is 0 Å². The number of carbonyl (C=O) groups excluding carboxylic acids is 1. The van der Waals surface area contributed by atoms with E-state index < -0.39 is 11.7 Å². The Morgan fingerprint density at radius 1 is 0.971 bits per heavy atom. The molecule has 10 heteroatoms. The summed E-state index contributed by atoms with van der Waals surface area (Å²) >= 11 is 0. The molecule has 34 heavy (non-hydrogen) atoms. The van der Waals surface area contributed by atoms with E-state index in [4.69, 9.17) is 4.74 Å². The molecule has 0 saturated carbocycles. The fraction of sp³-hybridized carbons (Fsp3) is 0.0417. The maximum Gasteiger partial charge on any atom is 0.259 e. The minimum absolute atomic E-state index is 0.00820. The molecular formula is C24H18FN7O2. The van der Waals surface area contributed by atoms with Gasteiger partial charge in [-0.1, -0.05) is 18.2 Å². The number of ether oxygens (including phenoxy) is 1. The van der Waals surface area contributed by atoms with Crippen molar-refractivity contribution in [3.05, 3.63) is 96.7 Å². The summed E-state index contributed by atoms with van der Waals surface area (Å²) in [7, 11) is 1.58. The third-order valence-corrected chi connectivity index (χ3v) is 5.15. The summed E-state index contributed by atoms with van der Waals surface area (Å²) in [5.74, 6) is -0.425. The molecule has 1 N–H and O–H groups in total. The van der Waals surface area contributed by atoms with Gasteiger partial charge in [0.15, 0.2) is 0 Å². The first-order chi connectivity index (χ1) is 16.6. The monoisotopic (exact) mass is 455 g/mol. The van der Waals surface area contributed by atoms with Crippen molar-refractivity contribution in [1.82, 2.24) is 30.0 Å². The van der Waals surface area contributed by atoms with Crippen LogP contribution in [0.1, 0.15) is 10.4 Å². The van der Waals surface area contributed by atoms with Gasteiger partial charge in [-0.15, -0.1) is 5.10 Å². The average molecular weight is 455 g/mol. The molecule has 0 spiro atoms. The number of hydrogen-bond donors (Lipinski definition) is 1. The van der Waals surface area contributed by atoms with E-state index in [-0.39, 0.29) is 11.3 Å². The molecule has 1 amide bonds. The molecule has 0 aliphatic heterocycles. The zero-order valence-corrected chi connectivity index (χ0v) is 18.0. The van der Waals surface area contributed by atoms with Gasteiger partial charge in [0.2, 0.25) is 0 Å². The van der Waals surface area contributed by atoms with E-state index in [9.17, 15) is 9.18 Å². The van der Waals surface area contributed by atoms with Gasteiger partial charge in [-0.3, -0.25) is 4.79 Å². The second-order valence-corrected chi connectivity index (χ2v) is 7.27. The fourth-order valence-corrected chi connectivity index (χ4v) is 3.44. The van der Waals surface area contributed by atoms with Crippen LogP contribution in [0.3, 0.4) is 0 Å². The quantitative estimate of drug-likeness (QED) is 0.417. The Balaban J connectivity index is 1.54. The summed E-state index contributed by atoms with van der Waals surface area (Å²) in [5, 5.41) is 18.2. The van der Waals surface area contributed by atoms with Crippen LogP contribution in [0, 0.1) is 5.82 Å². The molecule has 0 fully saturated rings. The van der Waals surface area contributed by atoms with Crippen molar-refractivity contribution in [1.29, 1.82) is 0 Å². The van der Waals surface area contributed by atoms with Gasteiger partial charge in [-0.05, 0) is 65.0 Å². The summed E-state index contributed by atoms with van der Waals surface area (Å²) in [6.45, 7) is 0. The lowest BCUT2D eigenvalue weighted by Crippen LogP contribution is -2.14. The van der Waals surface area contributed by atoms with Gasteiger partial charge in [0, 0.05) is 11.8 Å². The molecule has 0 aliphatic carbocycles. The molecule has 5 rings (SSSR count). The van der Waals surface area contributed by atoms with Crippen LogP contribution in [0.5, 0.6) is 5.75 Å². The number of amides is 1. The highest BCUT2D eigenvalue weighted by Crippen LogP contribution is 2.27. The molecule has 3 aromatic carbocycles. The van der Waals surface area contributed by atoms with Crippen molar-refractivity contribution >= 4 is 11.6 Å². The highest BCUT2D eigenvalue weighted by molar-refractivity contribution is 6.08. The zero-order valence-electron chi connectivity index (χ0n) is 18.0. The third kappa shape index (κ3) is 4.11. The van der Waals surface area contributed by atoms with E-state index in [1.54, 1.807) is 30.1 Å². The Morgan fingerprint density at radius 2 is 1.76 bits per heavy atom. The van der Waals surface area contributed by atoms with Crippen LogP contribution in [0.4, 0.5) is 10.1 Å². The molecule has 0 radical (unpaired) electrons. The highest BCUT2D eigenvalue weighted by atomic mass is 19.1. The van der Waals surface area contributed by atoms with Crippen molar-refractivity contribution in [2.24, 2.45) is 0 Å². The summed E-state index contributed by atoms with van der Waals surface area (Å²) in [6.07, 6.45) is 3.00. The van der Waals surface area contributed by atoms with E-state index in [0.717, 1.165) is 5.69 Å². The molecule has 168 valence electrons. The Morgan fingerprint density at radius 3 is 2.47 bits per heavy atom. The van der Waals surface area contributed by atoms with Crippen molar-refractivity contribution in [2.75, 3.05) is 12.4 Å². The number of hydrogen-bond acceptors (Lipinski definition) is 6. The van der Waals surface area contributed by atoms with Gasteiger partial charge in [0.1, 0.15) is 23.6 Å². The number of aromatic nitrogens is 6. The Hall–Kier alpha value is -4.86. The summed E-state index contributed by atoms with van der Waals surface area (Å²) < 4.78 is 22.8. The lowest BCUT2D eigenvalue weighted by Gasteiger charge is -2.09. The highest BCUT2D eigenvalue weighted by Gasteiger charge is 2.20. The Labute approximate surface area is 193 Å². The van der Waals surface area contributed by atoms with Crippen LogP contribution in [0.15, 0.2) is 85.3 Å². The van der Waals surface area contributed by atoms with Gasteiger partial charge in [-0.25, -0.2) is 13.8 Å². The van der Waals surface area contributed by atoms with Crippen molar-refractivity contribution < 1.29 is 13.9 Å². The van der Waals surface area contributed by atoms with Crippen LogP contribution >= 0.6 is 0 Å². The molecule has 0 unspecified atom stereocenters. The van der Waals surface area contributed by atoms with E-state index in [1.165, 1.54) is 29.2 Å². The number of nitrogens with zero attached hydrogens (tertiary/aromatic N) is 6.